The minimum Gasteiger partial charge on any atom is -0.444 e. The number of pyridine rings is 1. The minimum atomic E-state index is -0.180. The lowest BCUT2D eigenvalue weighted by molar-refractivity contribution is 0.0951. The van der Waals surface area contributed by atoms with Crippen molar-refractivity contribution in [2.24, 2.45) is 0 Å². The van der Waals surface area contributed by atoms with Crippen LogP contribution in [0.25, 0.3) is 0 Å². The summed E-state index contributed by atoms with van der Waals surface area (Å²) in [5.41, 5.74) is 1.19. The molecule has 1 amide bonds. The highest BCUT2D eigenvalue weighted by Crippen LogP contribution is 2.11. The van der Waals surface area contributed by atoms with E-state index in [4.69, 9.17) is 4.42 Å². The third-order valence-corrected chi connectivity index (χ3v) is 2.72. The Labute approximate surface area is 117 Å². The molecule has 0 unspecified atom stereocenters. The Hall–Kier alpha value is -2.37. The minimum absolute atomic E-state index is 0.180. The zero-order valence-electron chi connectivity index (χ0n) is 11.6. The number of rotatable bonds is 6. The standard InChI is InChI=1S/C14H18N4O2/c1-3-11-8-18-13(20-11)9-17-10-5-6-16-12(7-10)14(19)15-4-2/h5-8H,3-4,9H2,1-2H3,(H,15,19)(H,16,17). The van der Waals surface area contributed by atoms with Crippen molar-refractivity contribution in [3.63, 3.8) is 0 Å². The molecule has 0 aliphatic heterocycles. The Bertz CT molecular complexity index is 580. The molecule has 2 aromatic heterocycles. The van der Waals surface area contributed by atoms with Crippen molar-refractivity contribution in [3.05, 3.63) is 41.9 Å². The third-order valence-electron chi connectivity index (χ3n) is 2.72. The molecule has 2 aromatic rings. The number of amides is 1. The van der Waals surface area contributed by atoms with E-state index in [2.05, 4.69) is 20.6 Å². The van der Waals surface area contributed by atoms with Crippen molar-refractivity contribution < 1.29 is 9.21 Å². The molecule has 0 saturated carbocycles. The Morgan fingerprint density at radius 1 is 1.35 bits per heavy atom. The molecule has 0 aromatic carbocycles. The van der Waals surface area contributed by atoms with Crippen LogP contribution in [0.4, 0.5) is 5.69 Å². The number of nitrogens with one attached hydrogen (secondary N) is 2. The zero-order chi connectivity index (χ0) is 14.4. The van der Waals surface area contributed by atoms with Crippen LogP contribution in [-0.4, -0.2) is 22.4 Å². The Morgan fingerprint density at radius 2 is 2.20 bits per heavy atom. The summed E-state index contributed by atoms with van der Waals surface area (Å²) in [6, 6.07) is 3.50. The molecular formula is C14H18N4O2. The summed E-state index contributed by atoms with van der Waals surface area (Å²) in [5, 5.41) is 5.87. The number of nitrogens with zero attached hydrogens (tertiary/aromatic N) is 2. The van der Waals surface area contributed by atoms with Gasteiger partial charge in [0.25, 0.3) is 5.91 Å². The van der Waals surface area contributed by atoms with Crippen LogP contribution in [0.5, 0.6) is 0 Å². The van der Waals surface area contributed by atoms with Crippen molar-refractivity contribution in [1.82, 2.24) is 15.3 Å². The number of aromatic nitrogens is 2. The molecule has 0 aliphatic carbocycles. The molecule has 6 nitrogen and oxygen atoms in total. The van der Waals surface area contributed by atoms with Gasteiger partial charge in [0.05, 0.1) is 12.7 Å². The molecule has 0 aliphatic rings. The molecular weight excluding hydrogens is 256 g/mol. The largest absolute Gasteiger partial charge is 0.444 e. The first-order valence-electron chi connectivity index (χ1n) is 6.64. The molecule has 106 valence electrons. The summed E-state index contributed by atoms with van der Waals surface area (Å²) < 4.78 is 5.50. The molecule has 0 radical (unpaired) electrons. The normalized spacial score (nSPS) is 10.3. The molecule has 0 spiro atoms. The van der Waals surface area contributed by atoms with Crippen molar-refractivity contribution in [3.8, 4) is 0 Å². The van der Waals surface area contributed by atoms with E-state index in [1.807, 2.05) is 13.8 Å². The van der Waals surface area contributed by atoms with Gasteiger partial charge in [-0.05, 0) is 19.1 Å². The average Bonchev–Trinajstić information content (AvgIpc) is 2.94. The Balaban J connectivity index is 1.99. The van der Waals surface area contributed by atoms with Gasteiger partial charge < -0.3 is 15.1 Å². The van der Waals surface area contributed by atoms with E-state index in [9.17, 15) is 4.79 Å². The van der Waals surface area contributed by atoms with Gasteiger partial charge in [0.1, 0.15) is 11.5 Å². The van der Waals surface area contributed by atoms with Gasteiger partial charge in [-0.1, -0.05) is 6.92 Å². The first kappa shape index (κ1) is 14.0. The van der Waals surface area contributed by atoms with Gasteiger partial charge in [0.15, 0.2) is 0 Å². The number of aryl methyl sites for hydroxylation is 1. The molecule has 0 fully saturated rings. The van der Waals surface area contributed by atoms with E-state index in [-0.39, 0.29) is 5.91 Å². The van der Waals surface area contributed by atoms with Crippen molar-refractivity contribution in [1.29, 1.82) is 0 Å². The Morgan fingerprint density at radius 3 is 2.90 bits per heavy atom. The van der Waals surface area contributed by atoms with Crippen LogP contribution in [0.3, 0.4) is 0 Å². The number of hydrogen-bond donors (Lipinski definition) is 2. The fourth-order valence-electron chi connectivity index (χ4n) is 1.69. The molecule has 2 N–H and O–H groups in total. The highest BCUT2D eigenvalue weighted by Gasteiger charge is 2.07. The molecule has 0 bridgehead atoms. The monoisotopic (exact) mass is 274 g/mol. The zero-order valence-corrected chi connectivity index (χ0v) is 11.6. The fraction of sp³-hybridized carbons (Fsp3) is 0.357. The fourth-order valence-corrected chi connectivity index (χ4v) is 1.69. The van der Waals surface area contributed by atoms with Gasteiger partial charge >= 0.3 is 0 Å². The van der Waals surface area contributed by atoms with Crippen molar-refractivity contribution >= 4 is 11.6 Å². The molecule has 6 heteroatoms. The molecule has 20 heavy (non-hydrogen) atoms. The van der Waals surface area contributed by atoms with Gasteiger partial charge in [-0.25, -0.2) is 4.98 Å². The summed E-state index contributed by atoms with van der Waals surface area (Å²) >= 11 is 0. The lowest BCUT2D eigenvalue weighted by atomic mass is 10.3. The summed E-state index contributed by atoms with van der Waals surface area (Å²) in [5.74, 6) is 1.30. The van der Waals surface area contributed by atoms with Crippen molar-refractivity contribution in [2.75, 3.05) is 11.9 Å². The van der Waals surface area contributed by atoms with E-state index in [0.717, 1.165) is 17.9 Å². The van der Waals surface area contributed by atoms with Crippen LogP contribution in [0.15, 0.2) is 28.9 Å². The number of oxazole rings is 1. The second-order valence-corrected chi connectivity index (χ2v) is 4.22. The van der Waals surface area contributed by atoms with E-state index in [0.29, 0.717) is 24.7 Å². The third kappa shape index (κ3) is 3.57. The Kier molecular flexibility index (Phi) is 4.70. The van der Waals surface area contributed by atoms with Crippen LogP contribution in [0, 0.1) is 0 Å². The predicted molar refractivity (Wildman–Crippen MR) is 75.5 cm³/mol. The van der Waals surface area contributed by atoms with E-state index >= 15 is 0 Å². The molecule has 0 atom stereocenters. The molecule has 2 rings (SSSR count). The summed E-state index contributed by atoms with van der Waals surface area (Å²) in [6.45, 7) is 4.93. The van der Waals surface area contributed by atoms with Crippen LogP contribution in [0.2, 0.25) is 0 Å². The van der Waals surface area contributed by atoms with E-state index in [1.54, 1.807) is 24.5 Å². The first-order valence-corrected chi connectivity index (χ1v) is 6.64. The quantitative estimate of drug-likeness (QED) is 0.842. The van der Waals surface area contributed by atoms with Crippen LogP contribution in [-0.2, 0) is 13.0 Å². The van der Waals surface area contributed by atoms with Gasteiger partial charge in [0, 0.05) is 24.8 Å². The second-order valence-electron chi connectivity index (χ2n) is 4.22. The number of hydrogen-bond acceptors (Lipinski definition) is 5. The topological polar surface area (TPSA) is 80.0 Å². The lowest BCUT2D eigenvalue weighted by Crippen LogP contribution is -2.23. The average molecular weight is 274 g/mol. The van der Waals surface area contributed by atoms with Gasteiger partial charge in [-0.3, -0.25) is 9.78 Å². The SMILES string of the molecule is CCNC(=O)c1cc(NCc2ncc(CC)o2)ccn1. The van der Waals surface area contributed by atoms with Crippen LogP contribution in [0.1, 0.15) is 36.0 Å². The van der Waals surface area contributed by atoms with Gasteiger partial charge in [-0.2, -0.15) is 0 Å². The van der Waals surface area contributed by atoms with Crippen LogP contribution >= 0.6 is 0 Å². The highest BCUT2D eigenvalue weighted by molar-refractivity contribution is 5.93. The molecule has 2 heterocycles. The maximum atomic E-state index is 11.7. The second kappa shape index (κ2) is 6.70. The smallest absolute Gasteiger partial charge is 0.269 e. The summed E-state index contributed by atoms with van der Waals surface area (Å²) in [7, 11) is 0. The maximum absolute atomic E-state index is 11.7. The first-order chi connectivity index (χ1) is 9.72. The van der Waals surface area contributed by atoms with Gasteiger partial charge in [-0.15, -0.1) is 0 Å². The number of carbonyl (C=O) groups is 1. The predicted octanol–water partition coefficient (Wildman–Crippen LogP) is 1.99. The van der Waals surface area contributed by atoms with Crippen molar-refractivity contribution in [2.45, 2.75) is 26.8 Å². The molecule has 0 saturated heterocycles. The number of anilines is 1. The van der Waals surface area contributed by atoms with Crippen LogP contribution < -0.4 is 10.6 Å². The van der Waals surface area contributed by atoms with E-state index in [1.165, 1.54) is 0 Å². The summed E-state index contributed by atoms with van der Waals surface area (Å²) in [4.78, 5) is 19.9. The lowest BCUT2D eigenvalue weighted by Gasteiger charge is -2.06. The highest BCUT2D eigenvalue weighted by atomic mass is 16.4. The van der Waals surface area contributed by atoms with Gasteiger partial charge in [0.2, 0.25) is 5.89 Å². The summed E-state index contributed by atoms with van der Waals surface area (Å²) in [6.07, 6.45) is 4.15. The number of carbonyl (C=O) groups excluding carboxylic acids is 1. The van der Waals surface area contributed by atoms with E-state index < -0.39 is 0 Å². The maximum Gasteiger partial charge on any atom is 0.269 e.